The molecule has 1 aliphatic heterocycles. The van der Waals surface area contributed by atoms with Crippen molar-refractivity contribution >= 4 is 17.6 Å². The van der Waals surface area contributed by atoms with Gasteiger partial charge in [0.1, 0.15) is 6.10 Å². The van der Waals surface area contributed by atoms with Gasteiger partial charge >= 0.3 is 0 Å². The SMILES string of the molecule is CCNC(=NCC(C)Oc1ccccc1F)NCC1CC(=O)Nc2ccccc21. The largest absolute Gasteiger partial charge is 0.486 e. The number of rotatable bonds is 7. The number of para-hydroxylation sites is 2. The summed E-state index contributed by atoms with van der Waals surface area (Å²) in [6.45, 7) is 5.49. The number of hydrogen-bond acceptors (Lipinski definition) is 3. The van der Waals surface area contributed by atoms with Crippen molar-refractivity contribution in [2.24, 2.45) is 4.99 Å². The minimum absolute atomic E-state index is 0.0179. The van der Waals surface area contributed by atoms with Gasteiger partial charge in [-0.3, -0.25) is 4.79 Å². The van der Waals surface area contributed by atoms with Gasteiger partial charge in [-0.15, -0.1) is 0 Å². The Labute approximate surface area is 170 Å². The average Bonchev–Trinajstić information content (AvgIpc) is 2.71. The number of benzene rings is 2. The van der Waals surface area contributed by atoms with E-state index >= 15 is 0 Å². The van der Waals surface area contributed by atoms with Crippen LogP contribution in [0.4, 0.5) is 10.1 Å². The fourth-order valence-electron chi connectivity index (χ4n) is 3.26. The highest BCUT2D eigenvalue weighted by Crippen LogP contribution is 2.31. The molecule has 0 saturated carbocycles. The lowest BCUT2D eigenvalue weighted by molar-refractivity contribution is -0.116. The second kappa shape index (κ2) is 9.91. The molecule has 0 aromatic heterocycles. The summed E-state index contributed by atoms with van der Waals surface area (Å²) in [6.07, 6.45) is 0.138. The van der Waals surface area contributed by atoms with Gasteiger partial charge in [0.2, 0.25) is 5.91 Å². The maximum absolute atomic E-state index is 13.7. The smallest absolute Gasteiger partial charge is 0.225 e. The van der Waals surface area contributed by atoms with Crippen LogP contribution in [0.25, 0.3) is 0 Å². The number of ether oxygens (including phenoxy) is 1. The van der Waals surface area contributed by atoms with Crippen molar-refractivity contribution in [3.63, 3.8) is 0 Å². The molecule has 0 saturated heterocycles. The summed E-state index contributed by atoms with van der Waals surface area (Å²) >= 11 is 0. The molecule has 2 unspecified atom stereocenters. The third-order valence-electron chi connectivity index (χ3n) is 4.64. The predicted molar refractivity (Wildman–Crippen MR) is 113 cm³/mol. The Kier molecular flexibility index (Phi) is 7.05. The molecule has 154 valence electrons. The number of aliphatic imine (C=N–C) groups is 1. The molecule has 0 fully saturated rings. The lowest BCUT2D eigenvalue weighted by atomic mass is 9.90. The van der Waals surface area contributed by atoms with Crippen molar-refractivity contribution in [2.45, 2.75) is 32.3 Å². The van der Waals surface area contributed by atoms with Crippen LogP contribution in [0.15, 0.2) is 53.5 Å². The highest BCUT2D eigenvalue weighted by Gasteiger charge is 2.24. The number of anilines is 1. The molecule has 7 heteroatoms. The Bertz CT molecular complexity index is 871. The third-order valence-corrected chi connectivity index (χ3v) is 4.64. The van der Waals surface area contributed by atoms with Gasteiger partial charge in [0, 0.05) is 31.1 Å². The van der Waals surface area contributed by atoms with Gasteiger partial charge in [-0.05, 0) is 37.6 Å². The van der Waals surface area contributed by atoms with E-state index in [1.165, 1.54) is 6.07 Å². The van der Waals surface area contributed by atoms with Crippen LogP contribution in [0.3, 0.4) is 0 Å². The molecule has 0 bridgehead atoms. The summed E-state index contributed by atoms with van der Waals surface area (Å²) in [5, 5.41) is 9.42. The number of halogens is 1. The summed E-state index contributed by atoms with van der Waals surface area (Å²) in [5.41, 5.74) is 1.98. The van der Waals surface area contributed by atoms with Crippen molar-refractivity contribution in [3.8, 4) is 5.75 Å². The summed E-state index contributed by atoms with van der Waals surface area (Å²) < 4.78 is 19.4. The molecule has 1 amide bonds. The second-order valence-corrected chi connectivity index (χ2v) is 7.00. The number of hydrogen-bond donors (Lipinski definition) is 3. The Morgan fingerprint density at radius 2 is 2.00 bits per heavy atom. The number of nitrogens with zero attached hydrogens (tertiary/aromatic N) is 1. The van der Waals surface area contributed by atoms with E-state index in [4.69, 9.17) is 4.74 Å². The van der Waals surface area contributed by atoms with Crippen molar-refractivity contribution in [1.29, 1.82) is 0 Å². The maximum Gasteiger partial charge on any atom is 0.225 e. The first kappa shape index (κ1) is 20.6. The zero-order chi connectivity index (χ0) is 20.6. The van der Waals surface area contributed by atoms with E-state index in [1.54, 1.807) is 18.2 Å². The van der Waals surface area contributed by atoms with E-state index < -0.39 is 0 Å². The lowest BCUT2D eigenvalue weighted by Crippen LogP contribution is -2.41. The molecule has 1 aliphatic rings. The van der Waals surface area contributed by atoms with E-state index in [0.717, 1.165) is 11.3 Å². The number of fused-ring (bicyclic) bond motifs is 1. The van der Waals surface area contributed by atoms with Gasteiger partial charge in [0.25, 0.3) is 0 Å². The first-order chi connectivity index (χ1) is 14.1. The quantitative estimate of drug-likeness (QED) is 0.494. The molecule has 1 heterocycles. The Morgan fingerprint density at radius 1 is 1.24 bits per heavy atom. The van der Waals surface area contributed by atoms with Crippen molar-refractivity contribution < 1.29 is 13.9 Å². The van der Waals surface area contributed by atoms with Crippen molar-refractivity contribution in [2.75, 3.05) is 25.0 Å². The summed E-state index contributed by atoms with van der Waals surface area (Å²) in [4.78, 5) is 16.5. The lowest BCUT2D eigenvalue weighted by Gasteiger charge is -2.26. The zero-order valence-corrected chi connectivity index (χ0v) is 16.7. The molecule has 6 nitrogen and oxygen atoms in total. The Morgan fingerprint density at radius 3 is 2.79 bits per heavy atom. The van der Waals surface area contributed by atoms with Crippen LogP contribution < -0.4 is 20.7 Å². The first-order valence-corrected chi connectivity index (χ1v) is 9.89. The summed E-state index contributed by atoms with van der Waals surface area (Å²) in [6, 6.07) is 14.2. The predicted octanol–water partition coefficient (Wildman–Crippen LogP) is 3.27. The number of nitrogens with one attached hydrogen (secondary N) is 3. The first-order valence-electron chi connectivity index (χ1n) is 9.89. The van der Waals surface area contributed by atoms with E-state index in [2.05, 4.69) is 20.9 Å². The fourth-order valence-corrected chi connectivity index (χ4v) is 3.26. The number of guanidine groups is 1. The standard InChI is InChI=1S/C22H27FN4O2/c1-3-24-22(25-13-15(2)29-20-11-7-5-9-18(20)23)26-14-16-12-21(28)27-19-10-6-4-8-17(16)19/h4-11,15-16H,3,12-14H2,1-2H3,(H,27,28)(H2,24,25,26). The molecular weight excluding hydrogens is 371 g/mol. The van der Waals surface area contributed by atoms with E-state index in [1.807, 2.05) is 38.1 Å². The summed E-state index contributed by atoms with van der Waals surface area (Å²) in [5.74, 6) is 0.556. The van der Waals surface area contributed by atoms with Gasteiger partial charge in [-0.2, -0.15) is 0 Å². The van der Waals surface area contributed by atoms with Crippen LogP contribution in [-0.2, 0) is 4.79 Å². The Balaban J connectivity index is 1.60. The van der Waals surface area contributed by atoms with E-state index in [9.17, 15) is 9.18 Å². The molecule has 2 aromatic carbocycles. The maximum atomic E-state index is 13.7. The highest BCUT2D eigenvalue weighted by molar-refractivity contribution is 5.94. The van der Waals surface area contributed by atoms with Crippen LogP contribution in [0.5, 0.6) is 5.75 Å². The number of carbonyl (C=O) groups excluding carboxylic acids is 1. The molecule has 3 rings (SSSR count). The molecule has 2 aromatic rings. The minimum atomic E-state index is -0.386. The minimum Gasteiger partial charge on any atom is -0.486 e. The van der Waals surface area contributed by atoms with Crippen LogP contribution in [0.1, 0.15) is 31.7 Å². The van der Waals surface area contributed by atoms with Gasteiger partial charge in [0.05, 0.1) is 6.54 Å². The molecular formula is C22H27FN4O2. The molecule has 29 heavy (non-hydrogen) atoms. The van der Waals surface area contributed by atoms with Crippen molar-refractivity contribution in [1.82, 2.24) is 10.6 Å². The van der Waals surface area contributed by atoms with Gasteiger partial charge in [-0.25, -0.2) is 9.38 Å². The third kappa shape index (κ3) is 5.70. The van der Waals surface area contributed by atoms with E-state index in [0.29, 0.717) is 32.0 Å². The van der Waals surface area contributed by atoms with Crippen LogP contribution in [-0.4, -0.2) is 37.6 Å². The molecule has 0 aliphatic carbocycles. The van der Waals surface area contributed by atoms with Crippen molar-refractivity contribution in [3.05, 3.63) is 59.9 Å². The highest BCUT2D eigenvalue weighted by atomic mass is 19.1. The molecule has 3 N–H and O–H groups in total. The number of amides is 1. The average molecular weight is 398 g/mol. The van der Waals surface area contributed by atoms with Crippen LogP contribution in [0, 0.1) is 5.82 Å². The molecule has 0 radical (unpaired) electrons. The zero-order valence-electron chi connectivity index (χ0n) is 16.7. The van der Waals surface area contributed by atoms with E-state index in [-0.39, 0.29) is 29.5 Å². The second-order valence-electron chi connectivity index (χ2n) is 7.00. The molecule has 0 spiro atoms. The summed E-state index contributed by atoms with van der Waals surface area (Å²) in [7, 11) is 0. The Hall–Kier alpha value is -3.09. The normalized spacial score (nSPS) is 17.1. The molecule has 2 atom stereocenters. The topological polar surface area (TPSA) is 74.8 Å². The fraction of sp³-hybridized carbons (Fsp3) is 0.364. The van der Waals surface area contributed by atoms with Gasteiger partial charge < -0.3 is 20.7 Å². The monoisotopic (exact) mass is 398 g/mol. The van der Waals surface area contributed by atoms with Crippen LogP contribution >= 0.6 is 0 Å². The number of carbonyl (C=O) groups is 1. The van der Waals surface area contributed by atoms with Crippen LogP contribution in [0.2, 0.25) is 0 Å². The van der Waals surface area contributed by atoms with Gasteiger partial charge in [0.15, 0.2) is 17.5 Å². The van der Waals surface area contributed by atoms with Gasteiger partial charge in [-0.1, -0.05) is 30.3 Å².